The van der Waals surface area contributed by atoms with E-state index >= 15 is 0 Å². The summed E-state index contributed by atoms with van der Waals surface area (Å²) in [6, 6.07) is 24.5. The van der Waals surface area contributed by atoms with Gasteiger partial charge in [0.1, 0.15) is 31.6 Å². The Balaban J connectivity index is 1.57. The van der Waals surface area contributed by atoms with Gasteiger partial charge in [0, 0.05) is 29.5 Å². The quantitative estimate of drug-likeness (QED) is 0.201. The summed E-state index contributed by atoms with van der Waals surface area (Å²) in [7, 11) is -4.41. The van der Waals surface area contributed by atoms with E-state index in [2.05, 4.69) is 21.2 Å². The zero-order chi connectivity index (χ0) is 33.6. The highest BCUT2D eigenvalue weighted by Crippen LogP contribution is 2.34. The van der Waals surface area contributed by atoms with Crippen molar-refractivity contribution in [2.24, 2.45) is 0 Å². The number of anilines is 1. The van der Waals surface area contributed by atoms with Crippen molar-refractivity contribution >= 4 is 43.5 Å². The molecule has 0 bridgehead atoms. The summed E-state index contributed by atoms with van der Waals surface area (Å²) in [5.41, 5.74) is 1.62. The number of benzene rings is 4. The first-order valence-electron chi connectivity index (χ1n) is 15.1. The van der Waals surface area contributed by atoms with Crippen molar-refractivity contribution < 1.29 is 31.9 Å². The second kappa shape index (κ2) is 15.0. The zero-order valence-electron chi connectivity index (χ0n) is 25.9. The largest absolute Gasteiger partial charge is 0.486 e. The van der Waals surface area contributed by atoms with Gasteiger partial charge in [0.05, 0.1) is 10.6 Å². The average molecular weight is 725 g/mol. The summed E-state index contributed by atoms with van der Waals surface area (Å²) < 4.78 is 55.5. The molecule has 0 radical (unpaired) electrons. The predicted molar refractivity (Wildman–Crippen MR) is 180 cm³/mol. The lowest BCUT2D eigenvalue weighted by molar-refractivity contribution is -0.140. The third-order valence-corrected chi connectivity index (χ3v) is 9.70. The highest BCUT2D eigenvalue weighted by molar-refractivity contribution is 9.10. The van der Waals surface area contributed by atoms with E-state index in [0.29, 0.717) is 12.4 Å². The number of amides is 2. The van der Waals surface area contributed by atoms with Crippen LogP contribution in [-0.2, 0) is 32.6 Å². The van der Waals surface area contributed by atoms with E-state index in [-0.39, 0.29) is 47.9 Å². The van der Waals surface area contributed by atoms with Gasteiger partial charge in [-0.1, -0.05) is 58.4 Å². The number of hydrogen-bond acceptors (Lipinski definition) is 6. The molecule has 0 fully saturated rings. The van der Waals surface area contributed by atoms with Gasteiger partial charge in [0.25, 0.3) is 10.0 Å². The highest BCUT2D eigenvalue weighted by atomic mass is 79.9. The van der Waals surface area contributed by atoms with Crippen molar-refractivity contribution in [1.82, 2.24) is 10.2 Å². The van der Waals surface area contributed by atoms with E-state index in [1.54, 1.807) is 0 Å². The van der Waals surface area contributed by atoms with Gasteiger partial charge in [-0.15, -0.1) is 0 Å². The Morgan fingerprint density at radius 3 is 2.23 bits per heavy atom. The number of carbonyl (C=O) groups excluding carboxylic acids is 2. The number of nitrogens with zero attached hydrogens (tertiary/aromatic N) is 2. The number of fused-ring (bicyclic) bond motifs is 1. The molecule has 9 nitrogen and oxygen atoms in total. The Bertz CT molecular complexity index is 1820. The van der Waals surface area contributed by atoms with E-state index in [9.17, 15) is 22.4 Å². The first-order valence-corrected chi connectivity index (χ1v) is 17.3. The zero-order valence-corrected chi connectivity index (χ0v) is 28.3. The lowest BCUT2D eigenvalue weighted by Gasteiger charge is -2.34. The molecule has 0 unspecified atom stereocenters. The molecule has 1 aliphatic rings. The van der Waals surface area contributed by atoms with E-state index in [4.69, 9.17) is 9.47 Å². The van der Waals surface area contributed by atoms with Crippen LogP contribution in [0.25, 0.3) is 0 Å². The molecule has 0 spiro atoms. The number of ether oxygens (including phenoxy) is 2. The van der Waals surface area contributed by atoms with Crippen molar-refractivity contribution in [2.75, 3.05) is 24.1 Å². The first kappa shape index (κ1) is 33.9. The van der Waals surface area contributed by atoms with Crippen LogP contribution in [-0.4, -0.2) is 57.0 Å². The summed E-state index contributed by atoms with van der Waals surface area (Å²) in [6.45, 7) is 3.58. The second-order valence-electron chi connectivity index (χ2n) is 11.3. The minimum Gasteiger partial charge on any atom is -0.486 e. The van der Waals surface area contributed by atoms with Crippen LogP contribution >= 0.6 is 15.9 Å². The molecule has 1 N–H and O–H groups in total. The van der Waals surface area contributed by atoms with Crippen LogP contribution in [0, 0.1) is 5.82 Å². The minimum atomic E-state index is -4.41. The van der Waals surface area contributed by atoms with Crippen molar-refractivity contribution in [1.29, 1.82) is 0 Å². The Kier molecular flexibility index (Phi) is 10.8. The second-order valence-corrected chi connectivity index (χ2v) is 14.1. The first-order chi connectivity index (χ1) is 22.5. The summed E-state index contributed by atoms with van der Waals surface area (Å²) in [6.07, 6.45) is 0.185. The molecule has 1 atom stereocenters. The molecule has 1 aliphatic heterocycles. The number of halogens is 2. The molecule has 0 aromatic heterocycles. The highest BCUT2D eigenvalue weighted by Gasteiger charge is 2.35. The minimum absolute atomic E-state index is 0.0165. The Labute approximate surface area is 282 Å². The van der Waals surface area contributed by atoms with E-state index in [1.165, 1.54) is 35.2 Å². The van der Waals surface area contributed by atoms with Crippen molar-refractivity contribution in [3.8, 4) is 11.5 Å². The van der Waals surface area contributed by atoms with Crippen LogP contribution < -0.4 is 19.1 Å². The van der Waals surface area contributed by atoms with Crippen molar-refractivity contribution in [2.45, 2.75) is 43.8 Å². The molecule has 47 heavy (non-hydrogen) atoms. The molecule has 4 aromatic carbocycles. The molecule has 12 heteroatoms. The van der Waals surface area contributed by atoms with Crippen LogP contribution in [0.5, 0.6) is 11.5 Å². The van der Waals surface area contributed by atoms with Crippen LogP contribution in [0.4, 0.5) is 10.1 Å². The van der Waals surface area contributed by atoms with E-state index < -0.39 is 34.3 Å². The molecule has 0 saturated heterocycles. The number of sulfonamides is 1. The fourth-order valence-corrected chi connectivity index (χ4v) is 7.09. The Morgan fingerprint density at radius 2 is 1.55 bits per heavy atom. The molecule has 4 aromatic rings. The smallest absolute Gasteiger partial charge is 0.264 e. The SMILES string of the molecule is CC(C)NC(=O)[C@H](Cc1ccccc1)N(Cc1cccc(Br)c1)C(=O)CN(c1ccc(F)cc1)S(=O)(=O)c1ccc2c(c1)OCCO2. The van der Waals surface area contributed by atoms with Gasteiger partial charge in [0.2, 0.25) is 11.8 Å². The Morgan fingerprint density at radius 1 is 0.872 bits per heavy atom. The normalized spacial score (nSPS) is 13.1. The van der Waals surface area contributed by atoms with Gasteiger partial charge in [0.15, 0.2) is 11.5 Å². The van der Waals surface area contributed by atoms with Gasteiger partial charge in [-0.2, -0.15) is 0 Å². The maximum Gasteiger partial charge on any atom is 0.264 e. The van der Waals surface area contributed by atoms with Gasteiger partial charge < -0.3 is 19.7 Å². The number of nitrogens with one attached hydrogen (secondary N) is 1. The summed E-state index contributed by atoms with van der Waals surface area (Å²) >= 11 is 3.48. The summed E-state index contributed by atoms with van der Waals surface area (Å²) in [4.78, 5) is 29.6. The number of carbonyl (C=O) groups is 2. The third kappa shape index (κ3) is 8.49. The molecule has 1 heterocycles. The maximum atomic E-state index is 14.5. The van der Waals surface area contributed by atoms with E-state index in [0.717, 1.165) is 32.0 Å². The van der Waals surface area contributed by atoms with Crippen LogP contribution in [0.15, 0.2) is 106 Å². The fraction of sp³-hybridized carbons (Fsp3) is 0.257. The molecule has 2 amide bonds. The van der Waals surface area contributed by atoms with Gasteiger partial charge in [-0.25, -0.2) is 12.8 Å². The summed E-state index contributed by atoms with van der Waals surface area (Å²) in [5, 5.41) is 2.93. The maximum absolute atomic E-state index is 14.5. The fourth-order valence-electron chi connectivity index (χ4n) is 5.21. The molecule has 246 valence electrons. The molecular weight excluding hydrogens is 689 g/mol. The van der Waals surface area contributed by atoms with Crippen LogP contribution in [0.2, 0.25) is 0 Å². The predicted octanol–water partition coefficient (Wildman–Crippen LogP) is 5.72. The van der Waals surface area contributed by atoms with Crippen LogP contribution in [0.1, 0.15) is 25.0 Å². The molecule has 0 saturated carbocycles. The molecule has 0 aliphatic carbocycles. The monoisotopic (exact) mass is 723 g/mol. The lowest BCUT2D eigenvalue weighted by atomic mass is 10.0. The number of hydrogen-bond donors (Lipinski definition) is 1. The topological polar surface area (TPSA) is 105 Å². The summed E-state index contributed by atoms with van der Waals surface area (Å²) in [5.74, 6) is -0.918. The van der Waals surface area contributed by atoms with E-state index in [1.807, 2.05) is 68.4 Å². The number of rotatable bonds is 12. The standard InChI is InChI=1S/C35H35BrFN3O6S/c1-24(2)38-35(42)31(20-25-7-4-3-5-8-25)39(22-26-9-6-10-27(36)19-26)34(41)23-40(29-13-11-28(37)12-14-29)47(43,44)30-15-16-32-33(21-30)46-18-17-45-32/h3-16,19,21,24,31H,17-18,20,22-23H2,1-2H3,(H,38,42)/t31-/m0/s1. The van der Waals surface area contributed by atoms with Crippen molar-refractivity contribution in [3.05, 3.63) is 118 Å². The van der Waals surface area contributed by atoms with Crippen LogP contribution in [0.3, 0.4) is 0 Å². The molecular formula is C35H35BrFN3O6S. The molecule has 5 rings (SSSR count). The lowest BCUT2D eigenvalue weighted by Crippen LogP contribution is -2.54. The third-order valence-electron chi connectivity index (χ3n) is 7.44. The van der Waals surface area contributed by atoms with Gasteiger partial charge in [-0.05, 0) is 73.5 Å². The van der Waals surface area contributed by atoms with Crippen molar-refractivity contribution in [3.63, 3.8) is 0 Å². The van der Waals surface area contributed by atoms with Gasteiger partial charge >= 0.3 is 0 Å². The Hall–Kier alpha value is -4.42. The van der Waals surface area contributed by atoms with Gasteiger partial charge in [-0.3, -0.25) is 13.9 Å². The average Bonchev–Trinajstić information content (AvgIpc) is 3.05.